The fourth-order valence-electron chi connectivity index (χ4n) is 3.44. The third-order valence-corrected chi connectivity index (χ3v) is 5.18. The molecule has 5 aromatic rings. The summed E-state index contributed by atoms with van der Waals surface area (Å²) in [5.74, 6) is 2.64. The molecule has 0 unspecified atom stereocenters. The van der Waals surface area contributed by atoms with Crippen LogP contribution in [0.1, 0.15) is 17.0 Å². The summed E-state index contributed by atoms with van der Waals surface area (Å²) in [6.07, 6.45) is 5.64. The largest absolute Gasteiger partial charge is 0.497 e. The summed E-state index contributed by atoms with van der Waals surface area (Å²) in [4.78, 5) is 13.9. The number of hydrogen-bond donors (Lipinski definition) is 0. The first-order valence-electron chi connectivity index (χ1n) is 10.4. The minimum absolute atomic E-state index is 0.364. The standard InChI is InChI=1S/C26H21N5O2/c1-32-20-12-7-18(8-13-20)11-16-24-28-23-6-4-3-5-22(23)25-29-26(30-31(24)25)27-17-19-9-14-21(33-2)15-10-19/h3-17H,1-2H3/b16-11+,27-17-. The molecule has 0 atom stereocenters. The number of ether oxygens (including phenoxy) is 2. The molecule has 33 heavy (non-hydrogen) atoms. The number of para-hydroxylation sites is 1. The molecule has 2 heterocycles. The molecule has 162 valence electrons. The molecule has 0 saturated carbocycles. The van der Waals surface area contributed by atoms with Crippen LogP contribution in [0.5, 0.6) is 11.5 Å². The average molecular weight is 435 g/mol. The van der Waals surface area contributed by atoms with E-state index in [1.807, 2.05) is 84.9 Å². The fourth-order valence-corrected chi connectivity index (χ4v) is 3.44. The van der Waals surface area contributed by atoms with E-state index in [-0.39, 0.29) is 0 Å². The second kappa shape index (κ2) is 8.92. The van der Waals surface area contributed by atoms with Gasteiger partial charge in [0.05, 0.1) is 19.7 Å². The van der Waals surface area contributed by atoms with Gasteiger partial charge in [0.2, 0.25) is 0 Å². The third kappa shape index (κ3) is 4.29. The molecule has 2 aromatic heterocycles. The lowest BCUT2D eigenvalue weighted by molar-refractivity contribution is 0.414. The normalized spacial score (nSPS) is 11.7. The maximum atomic E-state index is 5.23. The predicted octanol–water partition coefficient (Wildman–Crippen LogP) is 5.22. The molecule has 0 spiro atoms. The Morgan fingerprint density at radius 2 is 1.42 bits per heavy atom. The topological polar surface area (TPSA) is 73.9 Å². The number of aromatic nitrogens is 4. The van der Waals surface area contributed by atoms with Crippen LogP contribution < -0.4 is 9.47 Å². The molecule has 7 heteroatoms. The zero-order valence-corrected chi connectivity index (χ0v) is 18.2. The van der Waals surface area contributed by atoms with E-state index in [9.17, 15) is 0 Å². The molecule has 0 fully saturated rings. The molecule has 0 saturated heterocycles. The van der Waals surface area contributed by atoms with Crippen molar-refractivity contribution in [3.05, 3.63) is 89.7 Å². The van der Waals surface area contributed by atoms with Crippen molar-refractivity contribution < 1.29 is 9.47 Å². The van der Waals surface area contributed by atoms with Crippen molar-refractivity contribution in [1.29, 1.82) is 0 Å². The Labute approximate surface area is 190 Å². The van der Waals surface area contributed by atoms with Gasteiger partial charge in [0.25, 0.3) is 5.95 Å². The van der Waals surface area contributed by atoms with Crippen LogP contribution in [0, 0.1) is 0 Å². The van der Waals surface area contributed by atoms with E-state index in [2.05, 4.69) is 15.1 Å². The predicted molar refractivity (Wildman–Crippen MR) is 130 cm³/mol. The molecule has 0 aliphatic carbocycles. The smallest absolute Gasteiger partial charge is 0.269 e. The first kappa shape index (κ1) is 20.4. The van der Waals surface area contributed by atoms with Gasteiger partial charge in [-0.1, -0.05) is 30.3 Å². The van der Waals surface area contributed by atoms with Crippen LogP contribution in [0.2, 0.25) is 0 Å². The lowest BCUT2D eigenvalue weighted by Gasteiger charge is -2.03. The number of aliphatic imine (C=N–C) groups is 1. The Balaban J connectivity index is 1.54. The first-order valence-corrected chi connectivity index (χ1v) is 10.4. The molecule has 0 amide bonds. The van der Waals surface area contributed by atoms with Gasteiger partial charge >= 0.3 is 0 Å². The molecular formula is C26H21N5O2. The molecule has 7 nitrogen and oxygen atoms in total. The first-order chi connectivity index (χ1) is 16.2. The maximum Gasteiger partial charge on any atom is 0.269 e. The van der Waals surface area contributed by atoms with E-state index in [0.717, 1.165) is 33.5 Å². The zero-order chi connectivity index (χ0) is 22.6. The Morgan fingerprint density at radius 1 is 0.758 bits per heavy atom. The van der Waals surface area contributed by atoms with Crippen LogP contribution in [0.25, 0.3) is 28.7 Å². The van der Waals surface area contributed by atoms with Crippen LogP contribution in [0.3, 0.4) is 0 Å². The Morgan fingerprint density at radius 3 is 2.12 bits per heavy atom. The highest BCUT2D eigenvalue weighted by Crippen LogP contribution is 2.22. The average Bonchev–Trinajstić information content (AvgIpc) is 3.31. The summed E-state index contributed by atoms with van der Waals surface area (Å²) in [6.45, 7) is 0. The number of hydrogen-bond acceptors (Lipinski definition) is 6. The summed E-state index contributed by atoms with van der Waals surface area (Å²) in [5.41, 5.74) is 3.50. The highest BCUT2D eigenvalue weighted by atomic mass is 16.5. The lowest BCUT2D eigenvalue weighted by atomic mass is 10.2. The summed E-state index contributed by atoms with van der Waals surface area (Å²) >= 11 is 0. The monoisotopic (exact) mass is 435 g/mol. The van der Waals surface area contributed by atoms with Crippen molar-refractivity contribution in [2.75, 3.05) is 14.2 Å². The summed E-state index contributed by atoms with van der Waals surface area (Å²) < 4.78 is 12.2. The second-order valence-electron chi connectivity index (χ2n) is 7.27. The van der Waals surface area contributed by atoms with Crippen LogP contribution in [0.15, 0.2) is 77.8 Å². The Hall–Kier alpha value is -4.52. The zero-order valence-electron chi connectivity index (χ0n) is 18.2. The molecule has 0 aliphatic rings. The van der Waals surface area contributed by atoms with E-state index in [0.29, 0.717) is 17.4 Å². The molecule has 0 aliphatic heterocycles. The van der Waals surface area contributed by atoms with Gasteiger partial charge < -0.3 is 9.47 Å². The fraction of sp³-hybridized carbons (Fsp3) is 0.0769. The van der Waals surface area contributed by atoms with Crippen molar-refractivity contribution in [3.8, 4) is 11.5 Å². The molecule has 3 aromatic carbocycles. The van der Waals surface area contributed by atoms with Crippen molar-refractivity contribution in [1.82, 2.24) is 19.6 Å². The Kier molecular flexibility index (Phi) is 5.51. The van der Waals surface area contributed by atoms with Crippen molar-refractivity contribution in [2.45, 2.75) is 0 Å². The minimum atomic E-state index is 0.364. The molecule has 5 rings (SSSR count). The van der Waals surface area contributed by atoms with Gasteiger partial charge in [-0.2, -0.15) is 9.50 Å². The number of fused-ring (bicyclic) bond motifs is 3. The van der Waals surface area contributed by atoms with Gasteiger partial charge in [0.15, 0.2) is 11.5 Å². The molecular weight excluding hydrogens is 414 g/mol. The van der Waals surface area contributed by atoms with Crippen molar-refractivity contribution >= 4 is 40.9 Å². The lowest BCUT2D eigenvalue weighted by Crippen LogP contribution is -1.98. The van der Waals surface area contributed by atoms with Gasteiger partial charge in [-0.3, -0.25) is 0 Å². The highest BCUT2D eigenvalue weighted by Gasteiger charge is 2.11. The minimum Gasteiger partial charge on any atom is -0.497 e. The van der Waals surface area contributed by atoms with E-state index >= 15 is 0 Å². The highest BCUT2D eigenvalue weighted by molar-refractivity contribution is 5.92. The second-order valence-corrected chi connectivity index (χ2v) is 7.27. The van der Waals surface area contributed by atoms with E-state index in [1.54, 1.807) is 24.9 Å². The van der Waals surface area contributed by atoms with Crippen molar-refractivity contribution in [2.24, 2.45) is 4.99 Å². The van der Waals surface area contributed by atoms with Gasteiger partial charge in [-0.15, -0.1) is 5.10 Å². The summed E-state index contributed by atoms with van der Waals surface area (Å²) in [7, 11) is 3.29. The quantitative estimate of drug-likeness (QED) is 0.342. The molecule has 0 radical (unpaired) electrons. The third-order valence-electron chi connectivity index (χ3n) is 5.18. The summed E-state index contributed by atoms with van der Waals surface area (Å²) in [6, 6.07) is 23.3. The maximum absolute atomic E-state index is 5.23. The van der Waals surface area contributed by atoms with Crippen molar-refractivity contribution in [3.63, 3.8) is 0 Å². The SMILES string of the molecule is COc1ccc(/C=N\c2nc3c4ccccc4nc(/C=C/c4ccc(OC)cc4)n3n2)cc1. The van der Waals surface area contributed by atoms with Gasteiger partial charge in [0.1, 0.15) is 11.5 Å². The van der Waals surface area contributed by atoms with Crippen LogP contribution in [-0.2, 0) is 0 Å². The number of nitrogens with zero attached hydrogens (tertiary/aromatic N) is 5. The van der Waals surface area contributed by atoms with Crippen LogP contribution >= 0.6 is 0 Å². The van der Waals surface area contributed by atoms with Crippen LogP contribution in [-0.4, -0.2) is 40.0 Å². The number of methoxy groups -OCH3 is 2. The Bertz CT molecular complexity index is 1470. The summed E-state index contributed by atoms with van der Waals surface area (Å²) in [5, 5.41) is 5.51. The number of benzene rings is 3. The van der Waals surface area contributed by atoms with E-state index in [4.69, 9.17) is 14.5 Å². The molecule has 0 bridgehead atoms. The van der Waals surface area contributed by atoms with Gasteiger partial charge in [-0.25, -0.2) is 9.98 Å². The van der Waals surface area contributed by atoms with Gasteiger partial charge in [-0.05, 0) is 65.7 Å². The van der Waals surface area contributed by atoms with Crippen LogP contribution in [0.4, 0.5) is 5.95 Å². The van der Waals surface area contributed by atoms with E-state index in [1.165, 1.54) is 0 Å². The molecule has 0 N–H and O–H groups in total. The number of rotatable bonds is 6. The van der Waals surface area contributed by atoms with E-state index < -0.39 is 0 Å². The van der Waals surface area contributed by atoms with Gasteiger partial charge in [0, 0.05) is 11.6 Å².